The van der Waals surface area contributed by atoms with Crippen molar-refractivity contribution in [3.8, 4) is 0 Å². The summed E-state index contributed by atoms with van der Waals surface area (Å²) in [4.78, 5) is 36.1. The zero-order valence-corrected chi connectivity index (χ0v) is 9.83. The number of carbonyl (C=O) groups excluding carboxylic acids is 1. The zero-order chi connectivity index (χ0) is 13.1. The standard InChI is InChI=1S/C11H15N3O4/c15-7-8-2-1-5-13(8)11(18)6-14-10(17)4-3-9(16)12-14/h3-4,8,15H,1-2,5-7H2,(H,12,16)/t8-/m1/s1. The second-order valence-electron chi connectivity index (χ2n) is 4.30. The molecule has 0 radical (unpaired) electrons. The van der Waals surface area contributed by atoms with Gasteiger partial charge in [0.05, 0.1) is 12.6 Å². The van der Waals surface area contributed by atoms with Crippen LogP contribution < -0.4 is 11.1 Å². The molecule has 1 aromatic rings. The fraction of sp³-hybridized carbons (Fsp3) is 0.545. The Morgan fingerprint density at radius 1 is 1.44 bits per heavy atom. The van der Waals surface area contributed by atoms with Crippen LogP contribution in [0, 0.1) is 0 Å². The number of aromatic amines is 1. The second-order valence-corrected chi connectivity index (χ2v) is 4.30. The van der Waals surface area contributed by atoms with Crippen molar-refractivity contribution in [2.45, 2.75) is 25.4 Å². The molecule has 1 aliphatic heterocycles. The zero-order valence-electron chi connectivity index (χ0n) is 9.83. The number of rotatable bonds is 3. The first-order valence-corrected chi connectivity index (χ1v) is 5.82. The third-order valence-electron chi connectivity index (χ3n) is 3.09. The molecule has 7 heteroatoms. The average molecular weight is 253 g/mol. The number of likely N-dealkylation sites (tertiary alicyclic amines) is 1. The number of aromatic nitrogens is 2. The third-order valence-corrected chi connectivity index (χ3v) is 3.09. The summed E-state index contributed by atoms with van der Waals surface area (Å²) in [5.74, 6) is -0.268. The van der Waals surface area contributed by atoms with E-state index in [9.17, 15) is 14.4 Å². The van der Waals surface area contributed by atoms with Crippen molar-refractivity contribution in [3.05, 3.63) is 32.8 Å². The number of amides is 1. The predicted octanol–water partition coefficient (Wildman–Crippen LogP) is -1.48. The Labute approximate surface area is 103 Å². The third kappa shape index (κ3) is 2.51. The van der Waals surface area contributed by atoms with Crippen LogP contribution in [0.4, 0.5) is 0 Å². The van der Waals surface area contributed by atoms with Crippen LogP contribution >= 0.6 is 0 Å². The van der Waals surface area contributed by atoms with Crippen molar-refractivity contribution < 1.29 is 9.90 Å². The molecule has 18 heavy (non-hydrogen) atoms. The summed E-state index contributed by atoms with van der Waals surface area (Å²) in [5, 5.41) is 11.4. The first kappa shape index (κ1) is 12.6. The minimum atomic E-state index is -0.428. The van der Waals surface area contributed by atoms with Gasteiger partial charge < -0.3 is 10.0 Å². The van der Waals surface area contributed by atoms with Crippen LogP contribution in [0.2, 0.25) is 0 Å². The lowest BCUT2D eigenvalue weighted by Crippen LogP contribution is -2.42. The quantitative estimate of drug-likeness (QED) is 0.686. The molecule has 0 saturated carbocycles. The van der Waals surface area contributed by atoms with Gasteiger partial charge in [0.2, 0.25) is 5.91 Å². The summed E-state index contributed by atoms with van der Waals surface area (Å²) >= 11 is 0. The number of H-pyrrole nitrogens is 1. The highest BCUT2D eigenvalue weighted by atomic mass is 16.3. The Hall–Kier alpha value is -1.89. The van der Waals surface area contributed by atoms with E-state index in [1.54, 1.807) is 4.90 Å². The van der Waals surface area contributed by atoms with E-state index in [2.05, 4.69) is 5.10 Å². The Kier molecular flexibility index (Phi) is 3.61. The lowest BCUT2D eigenvalue weighted by Gasteiger charge is -2.23. The van der Waals surface area contributed by atoms with Gasteiger partial charge in [-0.1, -0.05) is 0 Å². The number of nitrogens with one attached hydrogen (secondary N) is 1. The van der Waals surface area contributed by atoms with Crippen molar-refractivity contribution in [1.29, 1.82) is 0 Å². The number of carbonyl (C=O) groups is 1. The first-order chi connectivity index (χ1) is 8.61. The molecule has 0 aromatic carbocycles. The van der Waals surface area contributed by atoms with E-state index in [-0.39, 0.29) is 25.1 Å². The van der Waals surface area contributed by atoms with Gasteiger partial charge in [0, 0.05) is 18.7 Å². The summed E-state index contributed by atoms with van der Waals surface area (Å²) in [6.45, 7) is 0.299. The molecule has 0 aliphatic carbocycles. The highest BCUT2D eigenvalue weighted by Crippen LogP contribution is 2.16. The van der Waals surface area contributed by atoms with Crippen LogP contribution in [-0.4, -0.2) is 44.9 Å². The summed E-state index contributed by atoms with van der Waals surface area (Å²) < 4.78 is 0.984. The van der Waals surface area contributed by atoms with Crippen molar-refractivity contribution >= 4 is 5.91 Å². The molecule has 2 rings (SSSR count). The molecule has 0 spiro atoms. The number of aliphatic hydroxyl groups is 1. The molecule has 7 nitrogen and oxygen atoms in total. The maximum absolute atomic E-state index is 12.0. The molecule has 2 heterocycles. The highest BCUT2D eigenvalue weighted by molar-refractivity contribution is 5.76. The molecule has 1 amide bonds. The molecule has 1 saturated heterocycles. The summed E-state index contributed by atoms with van der Waals surface area (Å²) in [6, 6.07) is 2.07. The number of hydrogen-bond acceptors (Lipinski definition) is 4. The summed E-state index contributed by atoms with van der Waals surface area (Å²) in [7, 11) is 0. The van der Waals surface area contributed by atoms with Crippen molar-refractivity contribution in [1.82, 2.24) is 14.7 Å². The molecule has 1 aromatic heterocycles. The lowest BCUT2D eigenvalue weighted by atomic mass is 10.2. The van der Waals surface area contributed by atoms with Gasteiger partial charge in [-0.05, 0) is 12.8 Å². The molecule has 0 unspecified atom stereocenters. The van der Waals surface area contributed by atoms with Gasteiger partial charge in [-0.3, -0.25) is 19.5 Å². The van der Waals surface area contributed by atoms with Crippen LogP contribution in [0.25, 0.3) is 0 Å². The van der Waals surface area contributed by atoms with Crippen molar-refractivity contribution in [2.24, 2.45) is 0 Å². The van der Waals surface area contributed by atoms with Crippen LogP contribution in [0.1, 0.15) is 12.8 Å². The van der Waals surface area contributed by atoms with Gasteiger partial charge >= 0.3 is 0 Å². The number of aliphatic hydroxyl groups excluding tert-OH is 1. The molecule has 98 valence electrons. The Morgan fingerprint density at radius 2 is 2.22 bits per heavy atom. The lowest BCUT2D eigenvalue weighted by molar-refractivity contribution is -0.133. The fourth-order valence-corrected chi connectivity index (χ4v) is 2.16. The predicted molar refractivity (Wildman–Crippen MR) is 63.1 cm³/mol. The maximum Gasteiger partial charge on any atom is 0.265 e. The topological polar surface area (TPSA) is 95.4 Å². The molecule has 0 bridgehead atoms. The maximum atomic E-state index is 12.0. The van der Waals surface area contributed by atoms with Crippen LogP contribution in [0.15, 0.2) is 21.7 Å². The largest absolute Gasteiger partial charge is 0.394 e. The van der Waals surface area contributed by atoms with E-state index in [1.807, 2.05) is 0 Å². The van der Waals surface area contributed by atoms with Crippen molar-refractivity contribution in [2.75, 3.05) is 13.2 Å². The van der Waals surface area contributed by atoms with Gasteiger partial charge in [0.1, 0.15) is 6.54 Å². The van der Waals surface area contributed by atoms with Gasteiger partial charge in [0.25, 0.3) is 11.1 Å². The first-order valence-electron chi connectivity index (χ1n) is 5.82. The number of hydrogen-bond donors (Lipinski definition) is 2. The molecule has 1 aliphatic rings. The average Bonchev–Trinajstić information content (AvgIpc) is 2.82. The summed E-state index contributed by atoms with van der Waals surface area (Å²) in [6.07, 6.45) is 1.61. The van der Waals surface area contributed by atoms with E-state index in [1.165, 1.54) is 0 Å². The molecule has 2 N–H and O–H groups in total. The molecular weight excluding hydrogens is 238 g/mol. The minimum Gasteiger partial charge on any atom is -0.394 e. The Balaban J connectivity index is 2.14. The monoisotopic (exact) mass is 253 g/mol. The molecule has 1 atom stereocenters. The molecular formula is C11H15N3O4. The Morgan fingerprint density at radius 3 is 2.94 bits per heavy atom. The fourth-order valence-electron chi connectivity index (χ4n) is 2.16. The van der Waals surface area contributed by atoms with Crippen LogP contribution in [0.5, 0.6) is 0 Å². The van der Waals surface area contributed by atoms with Crippen LogP contribution in [0.3, 0.4) is 0 Å². The smallest absolute Gasteiger partial charge is 0.265 e. The van der Waals surface area contributed by atoms with Crippen molar-refractivity contribution in [3.63, 3.8) is 0 Å². The van der Waals surface area contributed by atoms with E-state index in [0.29, 0.717) is 6.54 Å². The second kappa shape index (κ2) is 5.18. The molecule has 1 fully saturated rings. The highest BCUT2D eigenvalue weighted by Gasteiger charge is 2.28. The van der Waals surface area contributed by atoms with E-state index in [4.69, 9.17) is 5.11 Å². The van der Waals surface area contributed by atoms with Gasteiger partial charge in [0.15, 0.2) is 0 Å². The van der Waals surface area contributed by atoms with E-state index < -0.39 is 11.1 Å². The Bertz CT molecular complexity index is 548. The summed E-state index contributed by atoms with van der Waals surface area (Å²) in [5.41, 5.74) is -0.856. The van der Waals surface area contributed by atoms with Gasteiger partial charge in [-0.25, -0.2) is 4.68 Å². The van der Waals surface area contributed by atoms with E-state index in [0.717, 1.165) is 29.7 Å². The van der Waals surface area contributed by atoms with Gasteiger partial charge in [-0.15, -0.1) is 0 Å². The minimum absolute atomic E-state index is 0.0774. The number of nitrogens with zero attached hydrogens (tertiary/aromatic N) is 2. The van der Waals surface area contributed by atoms with E-state index >= 15 is 0 Å². The normalized spacial score (nSPS) is 19.2. The van der Waals surface area contributed by atoms with Crippen LogP contribution in [-0.2, 0) is 11.3 Å². The SMILES string of the molecule is O=C(Cn1[nH]c(=O)ccc1=O)N1CCC[C@@H]1CO. The van der Waals surface area contributed by atoms with Gasteiger partial charge in [-0.2, -0.15) is 0 Å².